The molecule has 0 aliphatic rings. The first-order valence-corrected chi connectivity index (χ1v) is 7.31. The predicted octanol–water partition coefficient (Wildman–Crippen LogP) is 4.04. The average Bonchev–Trinajstić information content (AvgIpc) is 2.48. The number of ether oxygens (including phenoxy) is 1. The van der Waals surface area contributed by atoms with Gasteiger partial charge >= 0.3 is 6.03 Å². The monoisotopic (exact) mass is 299 g/mol. The van der Waals surface area contributed by atoms with Crippen LogP contribution < -0.4 is 15.4 Å². The molecular weight excluding hydrogens is 278 g/mol. The van der Waals surface area contributed by atoms with E-state index in [1.54, 1.807) is 18.3 Å². The van der Waals surface area contributed by atoms with Crippen LogP contribution in [0.25, 0.3) is 0 Å². The first kappa shape index (κ1) is 15.8. The van der Waals surface area contributed by atoms with Crippen LogP contribution in [0.15, 0.2) is 48.7 Å². The molecule has 2 rings (SSSR count). The van der Waals surface area contributed by atoms with Crippen LogP contribution in [0.4, 0.5) is 10.5 Å². The Morgan fingerprint density at radius 1 is 1.14 bits per heavy atom. The van der Waals surface area contributed by atoms with Gasteiger partial charge in [0.05, 0.1) is 0 Å². The second-order valence-electron chi connectivity index (χ2n) is 5.43. The molecule has 0 bridgehead atoms. The van der Waals surface area contributed by atoms with Gasteiger partial charge in [0.2, 0.25) is 5.88 Å². The predicted molar refractivity (Wildman–Crippen MR) is 87.2 cm³/mol. The maximum atomic E-state index is 11.9. The van der Waals surface area contributed by atoms with Crippen molar-refractivity contribution in [1.82, 2.24) is 10.3 Å². The lowest BCUT2D eigenvalue weighted by Gasteiger charge is -2.17. The van der Waals surface area contributed by atoms with E-state index in [9.17, 15) is 4.79 Å². The zero-order valence-electron chi connectivity index (χ0n) is 13.0. The number of rotatable bonds is 5. The lowest BCUT2D eigenvalue weighted by atomic mass is 10.1. The van der Waals surface area contributed by atoms with Gasteiger partial charge in [-0.15, -0.1) is 0 Å². The van der Waals surface area contributed by atoms with E-state index in [4.69, 9.17) is 4.74 Å². The summed E-state index contributed by atoms with van der Waals surface area (Å²) in [6.45, 7) is 6.09. The summed E-state index contributed by atoms with van der Waals surface area (Å²) in [6.07, 6.45) is 1.60. The van der Waals surface area contributed by atoms with E-state index in [0.29, 0.717) is 23.2 Å². The Morgan fingerprint density at radius 2 is 1.86 bits per heavy atom. The number of amides is 2. The highest BCUT2D eigenvalue weighted by atomic mass is 16.5. The molecule has 0 saturated carbocycles. The van der Waals surface area contributed by atoms with E-state index < -0.39 is 0 Å². The molecule has 5 heteroatoms. The summed E-state index contributed by atoms with van der Waals surface area (Å²) in [4.78, 5) is 16.1. The Hall–Kier alpha value is -2.56. The highest BCUT2D eigenvalue weighted by Gasteiger charge is 2.11. The molecule has 5 nitrogen and oxygen atoms in total. The second kappa shape index (κ2) is 7.45. The molecular formula is C17H21N3O2. The molecule has 0 aliphatic carbocycles. The molecule has 1 atom stereocenters. The summed E-state index contributed by atoms with van der Waals surface area (Å²) in [6, 6.07) is 12.6. The summed E-state index contributed by atoms with van der Waals surface area (Å²) < 4.78 is 5.64. The number of hydrogen-bond acceptors (Lipinski definition) is 3. The Kier molecular flexibility index (Phi) is 5.36. The number of carbonyl (C=O) groups is 1. The van der Waals surface area contributed by atoms with Crippen LogP contribution in [0.2, 0.25) is 0 Å². The quantitative estimate of drug-likeness (QED) is 0.875. The molecule has 2 N–H and O–H groups in total. The third-order valence-corrected chi connectivity index (χ3v) is 3.32. The third kappa shape index (κ3) is 4.77. The number of urea groups is 1. The number of aromatic nitrogens is 1. The van der Waals surface area contributed by atoms with Crippen molar-refractivity contribution in [2.75, 3.05) is 5.32 Å². The Labute approximate surface area is 130 Å². The zero-order valence-corrected chi connectivity index (χ0v) is 13.0. The first-order valence-electron chi connectivity index (χ1n) is 7.31. The molecule has 0 spiro atoms. The number of hydrogen-bond donors (Lipinski definition) is 2. The van der Waals surface area contributed by atoms with E-state index in [0.717, 1.165) is 0 Å². The van der Waals surface area contributed by atoms with Gasteiger partial charge in [-0.05, 0) is 31.0 Å². The van der Waals surface area contributed by atoms with Gasteiger partial charge in [0.1, 0.15) is 5.75 Å². The number of carbonyl (C=O) groups excluding carboxylic acids is 1. The molecule has 1 aromatic heterocycles. The lowest BCUT2D eigenvalue weighted by molar-refractivity contribution is 0.246. The van der Waals surface area contributed by atoms with Crippen LogP contribution in [0.3, 0.4) is 0 Å². The Morgan fingerprint density at radius 3 is 2.55 bits per heavy atom. The highest BCUT2D eigenvalue weighted by Crippen LogP contribution is 2.21. The minimum atomic E-state index is -0.238. The molecule has 2 aromatic rings. The fourth-order valence-electron chi connectivity index (χ4n) is 1.69. The highest BCUT2D eigenvalue weighted by molar-refractivity contribution is 5.89. The number of para-hydroxylation sites is 1. The average molecular weight is 299 g/mol. The Bertz CT molecular complexity index is 614. The van der Waals surface area contributed by atoms with Crippen molar-refractivity contribution in [2.45, 2.75) is 26.8 Å². The minimum Gasteiger partial charge on any atom is -0.439 e. The van der Waals surface area contributed by atoms with Crippen LogP contribution in [0, 0.1) is 5.92 Å². The molecule has 1 heterocycles. The summed E-state index contributed by atoms with van der Waals surface area (Å²) in [5.74, 6) is 1.51. The van der Waals surface area contributed by atoms with Crippen molar-refractivity contribution in [3.63, 3.8) is 0 Å². The summed E-state index contributed by atoms with van der Waals surface area (Å²) >= 11 is 0. The van der Waals surface area contributed by atoms with Gasteiger partial charge in [-0.3, -0.25) is 0 Å². The molecule has 0 radical (unpaired) electrons. The van der Waals surface area contributed by atoms with E-state index in [2.05, 4.69) is 29.5 Å². The van der Waals surface area contributed by atoms with Crippen molar-refractivity contribution in [3.8, 4) is 11.6 Å². The standard InChI is InChI=1S/C17H21N3O2/c1-12(2)13(3)19-17(21)20-14-9-10-18-16(11-14)22-15-7-5-4-6-8-15/h4-13H,1-3H3,(H2,18,19,20,21). The molecule has 22 heavy (non-hydrogen) atoms. The molecule has 0 fully saturated rings. The smallest absolute Gasteiger partial charge is 0.319 e. The number of anilines is 1. The summed E-state index contributed by atoms with van der Waals surface area (Å²) in [5.41, 5.74) is 0.634. The molecule has 2 amide bonds. The normalized spacial score (nSPS) is 11.8. The molecule has 116 valence electrons. The topological polar surface area (TPSA) is 63.2 Å². The van der Waals surface area contributed by atoms with Crippen molar-refractivity contribution < 1.29 is 9.53 Å². The fraction of sp³-hybridized carbons (Fsp3) is 0.294. The number of pyridine rings is 1. The van der Waals surface area contributed by atoms with Gasteiger partial charge in [0, 0.05) is 24.0 Å². The fourth-order valence-corrected chi connectivity index (χ4v) is 1.69. The van der Waals surface area contributed by atoms with Crippen molar-refractivity contribution in [3.05, 3.63) is 48.7 Å². The lowest BCUT2D eigenvalue weighted by Crippen LogP contribution is -2.38. The largest absolute Gasteiger partial charge is 0.439 e. The third-order valence-electron chi connectivity index (χ3n) is 3.32. The maximum Gasteiger partial charge on any atom is 0.319 e. The maximum absolute atomic E-state index is 11.9. The summed E-state index contributed by atoms with van der Waals surface area (Å²) in [5, 5.41) is 5.67. The van der Waals surface area contributed by atoms with Crippen molar-refractivity contribution >= 4 is 11.7 Å². The molecule has 0 aliphatic heterocycles. The first-order chi connectivity index (χ1) is 10.5. The van der Waals surface area contributed by atoms with Gasteiger partial charge in [-0.25, -0.2) is 9.78 Å². The van der Waals surface area contributed by atoms with E-state index in [1.165, 1.54) is 0 Å². The molecule has 1 aromatic carbocycles. The van der Waals surface area contributed by atoms with Gasteiger partial charge in [-0.1, -0.05) is 32.0 Å². The second-order valence-corrected chi connectivity index (χ2v) is 5.43. The van der Waals surface area contributed by atoms with Gasteiger partial charge in [-0.2, -0.15) is 0 Å². The van der Waals surface area contributed by atoms with Crippen LogP contribution in [0.5, 0.6) is 11.6 Å². The molecule has 1 unspecified atom stereocenters. The van der Waals surface area contributed by atoms with E-state index >= 15 is 0 Å². The van der Waals surface area contributed by atoms with Crippen LogP contribution in [0.1, 0.15) is 20.8 Å². The number of nitrogens with zero attached hydrogens (tertiary/aromatic N) is 1. The summed E-state index contributed by atoms with van der Waals surface area (Å²) in [7, 11) is 0. The van der Waals surface area contributed by atoms with Gasteiger partial charge in [0.25, 0.3) is 0 Å². The zero-order chi connectivity index (χ0) is 15.9. The van der Waals surface area contributed by atoms with Gasteiger partial charge in [0.15, 0.2) is 0 Å². The van der Waals surface area contributed by atoms with Crippen LogP contribution in [-0.2, 0) is 0 Å². The van der Waals surface area contributed by atoms with Crippen molar-refractivity contribution in [2.24, 2.45) is 5.92 Å². The van der Waals surface area contributed by atoms with Gasteiger partial charge < -0.3 is 15.4 Å². The molecule has 0 saturated heterocycles. The van der Waals surface area contributed by atoms with Crippen molar-refractivity contribution in [1.29, 1.82) is 0 Å². The van der Waals surface area contributed by atoms with E-state index in [-0.39, 0.29) is 12.1 Å². The van der Waals surface area contributed by atoms with Crippen LogP contribution in [-0.4, -0.2) is 17.1 Å². The minimum absolute atomic E-state index is 0.0990. The van der Waals surface area contributed by atoms with E-state index in [1.807, 2.05) is 37.3 Å². The van der Waals surface area contributed by atoms with Crippen LogP contribution >= 0.6 is 0 Å². The Balaban J connectivity index is 1.98. The number of nitrogens with one attached hydrogen (secondary N) is 2. The number of benzene rings is 1. The SMILES string of the molecule is CC(C)C(C)NC(=O)Nc1ccnc(Oc2ccccc2)c1.